The second kappa shape index (κ2) is 4.15. The second-order valence-electron chi connectivity index (χ2n) is 3.32. The lowest BCUT2D eigenvalue weighted by Crippen LogP contribution is -2.46. The minimum atomic E-state index is 0.0662. The molecule has 1 saturated heterocycles. The maximum atomic E-state index is 11.8. The summed E-state index contributed by atoms with van der Waals surface area (Å²) in [6.45, 7) is 1.68. The average molecular weight is 198 g/mol. The van der Waals surface area contributed by atoms with E-state index in [-0.39, 0.29) is 11.9 Å². The smallest absolute Gasteiger partial charge is 0.240 e. The van der Waals surface area contributed by atoms with E-state index < -0.39 is 0 Å². The predicted octanol–water partition coefficient (Wildman–Crippen LogP) is 0.437. The Morgan fingerprint density at radius 3 is 3.08 bits per heavy atom. The van der Waals surface area contributed by atoms with E-state index in [9.17, 15) is 4.79 Å². The van der Waals surface area contributed by atoms with Gasteiger partial charge in [-0.15, -0.1) is 11.8 Å². The Balaban J connectivity index is 1.91. The van der Waals surface area contributed by atoms with Crippen LogP contribution >= 0.6 is 11.8 Å². The molecule has 72 valence electrons. The summed E-state index contributed by atoms with van der Waals surface area (Å²) in [5, 5.41) is 3.20. The standard InChI is InChI=1S/C9H14N2OS/c12-9(8-6-13-7-10-8)11-4-2-1-3-5-11/h1-2,8,10H,3-7H2. The van der Waals surface area contributed by atoms with Gasteiger partial charge in [0, 0.05) is 24.7 Å². The second-order valence-corrected chi connectivity index (χ2v) is 4.35. The molecule has 1 atom stereocenters. The first-order valence-corrected chi connectivity index (χ1v) is 5.78. The van der Waals surface area contributed by atoms with Crippen LogP contribution in [0.25, 0.3) is 0 Å². The number of hydrogen-bond acceptors (Lipinski definition) is 3. The van der Waals surface area contributed by atoms with Gasteiger partial charge in [-0.05, 0) is 6.42 Å². The Morgan fingerprint density at radius 2 is 2.46 bits per heavy atom. The third-order valence-electron chi connectivity index (χ3n) is 2.38. The van der Waals surface area contributed by atoms with Gasteiger partial charge in [-0.2, -0.15) is 0 Å². The van der Waals surface area contributed by atoms with Gasteiger partial charge < -0.3 is 4.90 Å². The summed E-state index contributed by atoms with van der Waals surface area (Å²) >= 11 is 1.80. The highest BCUT2D eigenvalue weighted by Gasteiger charge is 2.26. The van der Waals surface area contributed by atoms with Gasteiger partial charge in [0.05, 0.1) is 6.04 Å². The van der Waals surface area contributed by atoms with Crippen molar-refractivity contribution >= 4 is 17.7 Å². The number of carbonyl (C=O) groups excluding carboxylic acids is 1. The fourth-order valence-corrected chi connectivity index (χ4v) is 2.55. The molecule has 0 bridgehead atoms. The molecular formula is C9H14N2OS. The van der Waals surface area contributed by atoms with E-state index >= 15 is 0 Å². The highest BCUT2D eigenvalue weighted by molar-refractivity contribution is 7.99. The summed E-state index contributed by atoms with van der Waals surface area (Å²) in [5.41, 5.74) is 0. The number of carbonyl (C=O) groups is 1. The van der Waals surface area contributed by atoms with Crippen LogP contribution in [0.15, 0.2) is 12.2 Å². The Hall–Kier alpha value is -0.480. The molecule has 1 unspecified atom stereocenters. The molecule has 2 aliphatic heterocycles. The van der Waals surface area contributed by atoms with Gasteiger partial charge in [0.1, 0.15) is 0 Å². The topological polar surface area (TPSA) is 32.3 Å². The van der Waals surface area contributed by atoms with Crippen LogP contribution in [0.2, 0.25) is 0 Å². The van der Waals surface area contributed by atoms with Crippen molar-refractivity contribution in [3.05, 3.63) is 12.2 Å². The largest absolute Gasteiger partial charge is 0.337 e. The highest BCUT2D eigenvalue weighted by Crippen LogP contribution is 2.13. The summed E-state index contributed by atoms with van der Waals surface area (Å²) in [6.07, 6.45) is 5.22. The molecular weight excluding hydrogens is 184 g/mol. The fraction of sp³-hybridized carbons (Fsp3) is 0.667. The van der Waals surface area contributed by atoms with Crippen molar-refractivity contribution in [3.63, 3.8) is 0 Å². The molecule has 0 aliphatic carbocycles. The summed E-state index contributed by atoms with van der Waals surface area (Å²) in [5.74, 6) is 2.12. The van der Waals surface area contributed by atoms with Crippen LogP contribution in [0.4, 0.5) is 0 Å². The zero-order chi connectivity index (χ0) is 9.10. The van der Waals surface area contributed by atoms with Crippen molar-refractivity contribution in [3.8, 4) is 0 Å². The predicted molar refractivity (Wildman–Crippen MR) is 54.6 cm³/mol. The first-order valence-electron chi connectivity index (χ1n) is 4.63. The van der Waals surface area contributed by atoms with Gasteiger partial charge in [0.15, 0.2) is 0 Å². The number of thioether (sulfide) groups is 1. The van der Waals surface area contributed by atoms with Gasteiger partial charge in [0.2, 0.25) is 5.91 Å². The molecule has 2 heterocycles. The van der Waals surface area contributed by atoms with Crippen LogP contribution in [0, 0.1) is 0 Å². The summed E-state index contributed by atoms with van der Waals surface area (Å²) < 4.78 is 0. The van der Waals surface area contributed by atoms with Crippen LogP contribution in [-0.2, 0) is 4.79 Å². The zero-order valence-corrected chi connectivity index (χ0v) is 8.35. The molecule has 0 saturated carbocycles. The summed E-state index contributed by atoms with van der Waals surface area (Å²) in [6, 6.07) is 0.0662. The molecule has 3 nitrogen and oxygen atoms in total. The molecule has 2 rings (SSSR count). The van der Waals surface area contributed by atoms with Crippen LogP contribution in [0.3, 0.4) is 0 Å². The molecule has 0 radical (unpaired) electrons. The van der Waals surface area contributed by atoms with Crippen molar-refractivity contribution in [1.82, 2.24) is 10.2 Å². The Labute approximate surface area is 82.6 Å². The Bertz CT molecular complexity index is 224. The third kappa shape index (κ3) is 2.06. The van der Waals surface area contributed by atoms with Crippen molar-refractivity contribution in [2.75, 3.05) is 24.7 Å². The minimum absolute atomic E-state index is 0.0662. The Kier molecular flexibility index (Phi) is 2.90. The SMILES string of the molecule is O=C(C1CSCN1)N1CC=CCC1. The van der Waals surface area contributed by atoms with Crippen molar-refractivity contribution in [2.24, 2.45) is 0 Å². The first kappa shape index (κ1) is 9.09. The number of rotatable bonds is 1. The molecule has 1 fully saturated rings. The summed E-state index contributed by atoms with van der Waals surface area (Å²) in [4.78, 5) is 13.8. The number of amides is 1. The van der Waals surface area contributed by atoms with E-state index in [1.54, 1.807) is 11.8 Å². The molecule has 1 N–H and O–H groups in total. The lowest BCUT2D eigenvalue weighted by Gasteiger charge is -2.25. The van der Waals surface area contributed by atoms with E-state index in [1.165, 1.54) is 0 Å². The number of nitrogens with zero attached hydrogens (tertiary/aromatic N) is 1. The molecule has 1 amide bonds. The minimum Gasteiger partial charge on any atom is -0.337 e. The van der Waals surface area contributed by atoms with Crippen molar-refractivity contribution < 1.29 is 4.79 Å². The van der Waals surface area contributed by atoms with E-state index in [4.69, 9.17) is 0 Å². The van der Waals surface area contributed by atoms with Gasteiger partial charge in [-0.25, -0.2) is 0 Å². The van der Waals surface area contributed by atoms with E-state index in [0.717, 1.165) is 31.1 Å². The van der Waals surface area contributed by atoms with Crippen LogP contribution in [0.5, 0.6) is 0 Å². The fourth-order valence-electron chi connectivity index (χ4n) is 1.62. The molecule has 0 spiro atoms. The highest BCUT2D eigenvalue weighted by atomic mass is 32.2. The van der Waals surface area contributed by atoms with Crippen molar-refractivity contribution in [2.45, 2.75) is 12.5 Å². The Morgan fingerprint density at radius 1 is 1.54 bits per heavy atom. The van der Waals surface area contributed by atoms with Crippen LogP contribution in [-0.4, -0.2) is 41.6 Å². The lowest BCUT2D eigenvalue weighted by molar-refractivity contribution is -0.132. The van der Waals surface area contributed by atoms with E-state index in [0.29, 0.717) is 0 Å². The average Bonchev–Trinajstić information content (AvgIpc) is 2.71. The molecule has 0 aromatic rings. The van der Waals surface area contributed by atoms with E-state index in [2.05, 4.69) is 17.5 Å². The van der Waals surface area contributed by atoms with Crippen LogP contribution in [0.1, 0.15) is 6.42 Å². The maximum absolute atomic E-state index is 11.8. The third-order valence-corrected chi connectivity index (χ3v) is 3.32. The normalized spacial score (nSPS) is 28.0. The van der Waals surface area contributed by atoms with E-state index in [1.807, 2.05) is 4.90 Å². The van der Waals surface area contributed by atoms with Gasteiger partial charge in [0.25, 0.3) is 0 Å². The lowest BCUT2D eigenvalue weighted by atomic mass is 10.2. The first-order chi connectivity index (χ1) is 6.38. The zero-order valence-electron chi connectivity index (χ0n) is 7.53. The number of hydrogen-bond donors (Lipinski definition) is 1. The number of nitrogens with one attached hydrogen (secondary N) is 1. The van der Waals surface area contributed by atoms with Crippen molar-refractivity contribution in [1.29, 1.82) is 0 Å². The molecule has 13 heavy (non-hydrogen) atoms. The maximum Gasteiger partial charge on any atom is 0.240 e. The molecule has 0 aromatic carbocycles. The van der Waals surface area contributed by atoms with Gasteiger partial charge in [-0.3, -0.25) is 10.1 Å². The quantitative estimate of drug-likeness (QED) is 0.620. The molecule has 4 heteroatoms. The van der Waals surface area contributed by atoms with Gasteiger partial charge >= 0.3 is 0 Å². The molecule has 2 aliphatic rings. The van der Waals surface area contributed by atoms with Crippen LogP contribution < -0.4 is 5.32 Å². The van der Waals surface area contributed by atoms with Gasteiger partial charge in [-0.1, -0.05) is 12.2 Å². The molecule has 0 aromatic heterocycles. The monoisotopic (exact) mass is 198 g/mol. The summed E-state index contributed by atoms with van der Waals surface area (Å²) in [7, 11) is 0.